The SMILES string of the molecule is CCC(CC)O[C@H](COCCOC)n1ccc(N)nc1=O. The maximum Gasteiger partial charge on any atom is 0.351 e. The van der Waals surface area contributed by atoms with Gasteiger partial charge in [-0.3, -0.25) is 4.57 Å². The lowest BCUT2D eigenvalue weighted by Crippen LogP contribution is -2.33. The van der Waals surface area contributed by atoms with Crippen LogP contribution in [0.1, 0.15) is 32.9 Å². The Hall–Kier alpha value is -1.44. The largest absolute Gasteiger partial charge is 0.383 e. The number of nitrogens with two attached hydrogens (primary N) is 1. The maximum absolute atomic E-state index is 11.9. The lowest BCUT2D eigenvalue weighted by Gasteiger charge is -2.24. The van der Waals surface area contributed by atoms with Crippen molar-refractivity contribution in [1.29, 1.82) is 0 Å². The Morgan fingerprint density at radius 2 is 2.05 bits per heavy atom. The van der Waals surface area contributed by atoms with Crippen molar-refractivity contribution >= 4 is 5.82 Å². The highest BCUT2D eigenvalue weighted by molar-refractivity contribution is 5.23. The predicted molar refractivity (Wildman–Crippen MR) is 80.1 cm³/mol. The second kappa shape index (κ2) is 9.49. The standard InChI is InChI=1S/C14H25N3O4/c1-4-11(5-2)21-13(10-20-9-8-19-3)17-7-6-12(15)16-14(17)18/h6-7,11,13H,4-5,8-10H2,1-3H3,(H2,15,16,18)/t13-/m1/s1. The zero-order chi connectivity index (χ0) is 15.7. The van der Waals surface area contributed by atoms with E-state index in [2.05, 4.69) is 4.98 Å². The maximum atomic E-state index is 11.9. The van der Waals surface area contributed by atoms with Gasteiger partial charge in [-0.1, -0.05) is 13.8 Å². The normalized spacial score (nSPS) is 12.8. The van der Waals surface area contributed by atoms with Crippen molar-refractivity contribution in [3.8, 4) is 0 Å². The van der Waals surface area contributed by atoms with Crippen LogP contribution in [0.15, 0.2) is 17.1 Å². The van der Waals surface area contributed by atoms with Gasteiger partial charge in [0.1, 0.15) is 5.82 Å². The van der Waals surface area contributed by atoms with Gasteiger partial charge in [-0.25, -0.2) is 4.79 Å². The molecule has 1 aromatic heterocycles. The van der Waals surface area contributed by atoms with Crippen LogP contribution in [-0.2, 0) is 14.2 Å². The van der Waals surface area contributed by atoms with Crippen molar-refractivity contribution in [2.24, 2.45) is 0 Å². The van der Waals surface area contributed by atoms with Gasteiger partial charge >= 0.3 is 5.69 Å². The van der Waals surface area contributed by atoms with Gasteiger partial charge in [-0.05, 0) is 18.9 Å². The molecule has 21 heavy (non-hydrogen) atoms. The van der Waals surface area contributed by atoms with Gasteiger partial charge in [0.2, 0.25) is 0 Å². The zero-order valence-corrected chi connectivity index (χ0v) is 12.9. The van der Waals surface area contributed by atoms with Crippen LogP contribution in [0.3, 0.4) is 0 Å². The van der Waals surface area contributed by atoms with E-state index >= 15 is 0 Å². The molecule has 0 bridgehead atoms. The number of aromatic nitrogens is 2. The van der Waals surface area contributed by atoms with Crippen molar-refractivity contribution < 1.29 is 14.2 Å². The van der Waals surface area contributed by atoms with E-state index in [1.807, 2.05) is 13.8 Å². The van der Waals surface area contributed by atoms with E-state index in [1.54, 1.807) is 19.4 Å². The number of anilines is 1. The minimum absolute atomic E-state index is 0.0606. The molecule has 2 N–H and O–H groups in total. The summed E-state index contributed by atoms with van der Waals surface area (Å²) in [6.45, 7) is 5.27. The van der Waals surface area contributed by atoms with Crippen LogP contribution in [-0.4, -0.2) is 42.6 Å². The van der Waals surface area contributed by atoms with Gasteiger partial charge < -0.3 is 19.9 Å². The molecule has 0 unspecified atom stereocenters. The summed E-state index contributed by atoms with van der Waals surface area (Å²) in [6, 6.07) is 1.57. The van der Waals surface area contributed by atoms with Gasteiger partial charge in [-0.2, -0.15) is 4.98 Å². The van der Waals surface area contributed by atoms with E-state index < -0.39 is 11.9 Å². The summed E-state index contributed by atoms with van der Waals surface area (Å²) in [5.41, 5.74) is 5.06. The first kappa shape index (κ1) is 17.6. The number of nitrogen functional groups attached to an aromatic ring is 1. The number of methoxy groups -OCH3 is 1. The first-order valence-corrected chi connectivity index (χ1v) is 7.19. The van der Waals surface area contributed by atoms with Crippen LogP contribution in [0, 0.1) is 0 Å². The molecule has 1 atom stereocenters. The van der Waals surface area contributed by atoms with E-state index in [0.717, 1.165) is 12.8 Å². The summed E-state index contributed by atoms with van der Waals surface area (Å²) >= 11 is 0. The number of hydrogen-bond acceptors (Lipinski definition) is 6. The third-order valence-electron chi connectivity index (χ3n) is 3.11. The average Bonchev–Trinajstić information content (AvgIpc) is 2.47. The summed E-state index contributed by atoms with van der Waals surface area (Å²) in [6.07, 6.45) is 2.85. The number of nitrogens with zero attached hydrogens (tertiary/aromatic N) is 2. The fourth-order valence-corrected chi connectivity index (χ4v) is 1.86. The first-order valence-electron chi connectivity index (χ1n) is 7.19. The molecule has 0 amide bonds. The van der Waals surface area contributed by atoms with Gasteiger partial charge in [0.25, 0.3) is 0 Å². The number of hydrogen-bond donors (Lipinski definition) is 1. The average molecular weight is 299 g/mol. The monoisotopic (exact) mass is 299 g/mol. The van der Waals surface area contributed by atoms with E-state index in [0.29, 0.717) is 13.2 Å². The fraction of sp³-hybridized carbons (Fsp3) is 0.714. The molecule has 1 rings (SSSR count). The molecule has 0 saturated carbocycles. The van der Waals surface area contributed by atoms with Gasteiger partial charge in [0, 0.05) is 13.3 Å². The van der Waals surface area contributed by atoms with Gasteiger partial charge in [0.15, 0.2) is 6.23 Å². The van der Waals surface area contributed by atoms with Crippen molar-refractivity contribution in [2.45, 2.75) is 39.0 Å². The Morgan fingerprint density at radius 3 is 2.62 bits per heavy atom. The fourth-order valence-electron chi connectivity index (χ4n) is 1.86. The molecule has 0 spiro atoms. The molecule has 0 radical (unpaired) electrons. The minimum atomic E-state index is -0.521. The zero-order valence-electron chi connectivity index (χ0n) is 12.9. The lowest BCUT2D eigenvalue weighted by molar-refractivity contribution is -0.103. The highest BCUT2D eigenvalue weighted by atomic mass is 16.6. The van der Waals surface area contributed by atoms with E-state index in [1.165, 1.54) is 4.57 Å². The minimum Gasteiger partial charge on any atom is -0.383 e. The first-order chi connectivity index (χ1) is 10.1. The second-order valence-electron chi connectivity index (χ2n) is 4.64. The van der Waals surface area contributed by atoms with E-state index in [4.69, 9.17) is 19.9 Å². The summed E-state index contributed by atoms with van der Waals surface area (Å²) in [5.74, 6) is 0.192. The molecular formula is C14H25N3O4. The molecule has 0 aliphatic carbocycles. The van der Waals surface area contributed by atoms with Crippen LogP contribution in [0.4, 0.5) is 5.82 Å². The molecule has 0 fully saturated rings. The van der Waals surface area contributed by atoms with Crippen molar-refractivity contribution in [1.82, 2.24) is 9.55 Å². The third kappa shape index (κ3) is 5.82. The van der Waals surface area contributed by atoms with Crippen LogP contribution < -0.4 is 11.4 Å². The van der Waals surface area contributed by atoms with Crippen molar-refractivity contribution in [3.63, 3.8) is 0 Å². The molecule has 7 nitrogen and oxygen atoms in total. The van der Waals surface area contributed by atoms with Gasteiger partial charge in [0.05, 0.1) is 25.9 Å². The summed E-state index contributed by atoms with van der Waals surface area (Å²) in [5, 5.41) is 0. The van der Waals surface area contributed by atoms with Crippen LogP contribution in [0.25, 0.3) is 0 Å². The highest BCUT2D eigenvalue weighted by Gasteiger charge is 2.18. The molecule has 1 heterocycles. The Bertz CT molecular complexity index is 460. The molecule has 7 heteroatoms. The number of ether oxygens (including phenoxy) is 3. The highest BCUT2D eigenvalue weighted by Crippen LogP contribution is 2.14. The smallest absolute Gasteiger partial charge is 0.351 e. The topological polar surface area (TPSA) is 88.6 Å². The quantitative estimate of drug-likeness (QED) is 0.653. The van der Waals surface area contributed by atoms with Crippen LogP contribution >= 0.6 is 0 Å². The summed E-state index contributed by atoms with van der Waals surface area (Å²) in [7, 11) is 1.61. The summed E-state index contributed by atoms with van der Waals surface area (Å²) < 4.78 is 17.8. The Balaban J connectivity index is 2.81. The molecule has 1 aromatic rings. The summed E-state index contributed by atoms with van der Waals surface area (Å²) in [4.78, 5) is 15.7. The molecule has 0 aliphatic heterocycles. The van der Waals surface area contributed by atoms with Gasteiger partial charge in [-0.15, -0.1) is 0 Å². The van der Waals surface area contributed by atoms with Crippen LogP contribution in [0.5, 0.6) is 0 Å². The molecule has 120 valence electrons. The second-order valence-corrected chi connectivity index (χ2v) is 4.64. The van der Waals surface area contributed by atoms with Crippen molar-refractivity contribution in [2.75, 3.05) is 32.7 Å². The Labute approximate surface area is 125 Å². The molecule has 0 aliphatic rings. The number of rotatable bonds is 10. The van der Waals surface area contributed by atoms with Crippen LogP contribution in [0.2, 0.25) is 0 Å². The lowest BCUT2D eigenvalue weighted by atomic mass is 10.2. The van der Waals surface area contributed by atoms with E-state index in [-0.39, 0.29) is 18.5 Å². The van der Waals surface area contributed by atoms with E-state index in [9.17, 15) is 4.79 Å². The molecular weight excluding hydrogens is 274 g/mol. The predicted octanol–water partition coefficient (Wildman–Crippen LogP) is 1.19. The molecule has 0 aromatic carbocycles. The third-order valence-corrected chi connectivity index (χ3v) is 3.11. The molecule has 0 saturated heterocycles. The Kier molecular flexibility index (Phi) is 7.96. The Morgan fingerprint density at radius 1 is 1.33 bits per heavy atom. The van der Waals surface area contributed by atoms with Crippen molar-refractivity contribution in [3.05, 3.63) is 22.7 Å².